The fourth-order valence-electron chi connectivity index (χ4n) is 4.42. The van der Waals surface area contributed by atoms with Gasteiger partial charge in [-0.15, -0.1) is 11.3 Å². The summed E-state index contributed by atoms with van der Waals surface area (Å²) in [6.07, 6.45) is -2.92. The fourth-order valence-corrected chi connectivity index (χ4v) is 6.40. The monoisotopic (exact) mass is 500 g/mol. The molecule has 3 N–H and O–H groups in total. The standard InChI is InChI=1S/C26H28O6S2/c1-2-16-6-7-17(14-18(16)12-15-5-8-19-20(13-15)31-10-9-30-19)25-23(28)22(27)24(29)26(32-25)34-21-4-3-11-33-21/h3-8,11,13-14,22-29H,2,9-10,12H2,1H3/t22-,23-,24+,25+,26?/m1/s1. The summed E-state index contributed by atoms with van der Waals surface area (Å²) in [5.74, 6) is 1.52. The Kier molecular flexibility index (Phi) is 7.15. The summed E-state index contributed by atoms with van der Waals surface area (Å²) in [6, 6.07) is 15.9. The van der Waals surface area contributed by atoms with Crippen LogP contribution in [-0.4, -0.2) is 52.3 Å². The van der Waals surface area contributed by atoms with Gasteiger partial charge in [0, 0.05) is 0 Å². The van der Waals surface area contributed by atoms with Crippen LogP contribution in [0.1, 0.15) is 35.3 Å². The Morgan fingerprint density at radius 3 is 2.50 bits per heavy atom. The van der Waals surface area contributed by atoms with E-state index in [2.05, 4.69) is 13.0 Å². The van der Waals surface area contributed by atoms with Crippen LogP contribution in [0.25, 0.3) is 0 Å². The van der Waals surface area contributed by atoms with E-state index < -0.39 is 29.9 Å². The van der Waals surface area contributed by atoms with Crippen LogP contribution in [0.15, 0.2) is 58.1 Å². The number of thiophene rings is 1. The van der Waals surface area contributed by atoms with E-state index in [-0.39, 0.29) is 0 Å². The molecule has 0 bridgehead atoms. The van der Waals surface area contributed by atoms with Gasteiger partial charge in [0.25, 0.3) is 0 Å². The van der Waals surface area contributed by atoms with Crippen molar-refractivity contribution >= 4 is 23.1 Å². The SMILES string of the molecule is CCc1ccc([C@@H]2OC(Sc3cccs3)[C@@H](O)[C@H](O)[C@H]2O)cc1Cc1ccc2c(c1)OCCO2. The van der Waals surface area contributed by atoms with E-state index in [1.54, 1.807) is 11.3 Å². The lowest BCUT2D eigenvalue weighted by Crippen LogP contribution is -2.52. The lowest BCUT2D eigenvalue weighted by Gasteiger charge is -2.40. The lowest BCUT2D eigenvalue weighted by atomic mass is 9.90. The zero-order chi connectivity index (χ0) is 23.7. The van der Waals surface area contributed by atoms with Crippen molar-refractivity contribution in [2.75, 3.05) is 13.2 Å². The highest BCUT2D eigenvalue weighted by Crippen LogP contribution is 2.41. The Bertz CT molecular complexity index is 1120. The third kappa shape index (κ3) is 4.84. The molecule has 2 aromatic carbocycles. The minimum Gasteiger partial charge on any atom is -0.486 e. The fraction of sp³-hybridized carbons (Fsp3) is 0.385. The number of rotatable bonds is 6. The maximum atomic E-state index is 10.8. The molecule has 3 heterocycles. The highest BCUT2D eigenvalue weighted by Gasteiger charge is 2.44. The predicted octanol–water partition coefficient (Wildman–Crippen LogP) is 3.94. The van der Waals surface area contributed by atoms with Crippen molar-refractivity contribution in [3.63, 3.8) is 0 Å². The van der Waals surface area contributed by atoms with Gasteiger partial charge in [0.05, 0.1) is 4.21 Å². The number of thioether (sulfide) groups is 1. The van der Waals surface area contributed by atoms with Gasteiger partial charge in [-0.25, -0.2) is 0 Å². The summed E-state index contributed by atoms with van der Waals surface area (Å²) >= 11 is 2.91. The molecule has 1 aromatic heterocycles. The molecular weight excluding hydrogens is 472 g/mol. The zero-order valence-electron chi connectivity index (χ0n) is 18.8. The first-order valence-electron chi connectivity index (χ1n) is 11.4. The molecule has 3 aromatic rings. The minimum atomic E-state index is -1.30. The van der Waals surface area contributed by atoms with Gasteiger partial charge in [0.15, 0.2) is 11.5 Å². The zero-order valence-corrected chi connectivity index (χ0v) is 20.4. The van der Waals surface area contributed by atoms with E-state index >= 15 is 0 Å². The van der Waals surface area contributed by atoms with Crippen molar-refractivity contribution in [2.45, 2.75) is 53.8 Å². The molecule has 0 radical (unpaired) electrons. The summed E-state index contributed by atoms with van der Waals surface area (Å²) in [5, 5.41) is 33.8. The van der Waals surface area contributed by atoms with Gasteiger partial charge in [-0.1, -0.05) is 49.0 Å². The van der Waals surface area contributed by atoms with Crippen molar-refractivity contribution in [1.82, 2.24) is 0 Å². The van der Waals surface area contributed by atoms with Crippen LogP contribution in [0.2, 0.25) is 0 Å². The molecular formula is C26H28O6S2. The maximum absolute atomic E-state index is 10.8. The summed E-state index contributed by atoms with van der Waals surface area (Å²) in [6.45, 7) is 3.22. The molecule has 5 atom stereocenters. The number of fused-ring (bicyclic) bond motifs is 1. The Labute approximate surface area is 207 Å². The second kappa shape index (κ2) is 10.3. The molecule has 2 aliphatic rings. The largest absolute Gasteiger partial charge is 0.486 e. The van der Waals surface area contributed by atoms with E-state index in [4.69, 9.17) is 14.2 Å². The number of aryl methyl sites for hydroxylation is 1. The molecule has 34 heavy (non-hydrogen) atoms. The van der Waals surface area contributed by atoms with Gasteiger partial charge < -0.3 is 29.5 Å². The average molecular weight is 501 g/mol. The van der Waals surface area contributed by atoms with Crippen LogP contribution in [0.3, 0.4) is 0 Å². The van der Waals surface area contributed by atoms with Crippen LogP contribution in [0, 0.1) is 0 Å². The smallest absolute Gasteiger partial charge is 0.161 e. The summed E-state index contributed by atoms with van der Waals surface area (Å²) in [4.78, 5) is 0. The van der Waals surface area contributed by atoms with Crippen molar-refractivity contribution in [3.05, 3.63) is 76.2 Å². The molecule has 0 aliphatic carbocycles. The summed E-state index contributed by atoms with van der Waals surface area (Å²) in [5.41, 5.74) is 3.52. The third-order valence-electron chi connectivity index (χ3n) is 6.24. The Morgan fingerprint density at radius 2 is 1.74 bits per heavy atom. The van der Waals surface area contributed by atoms with Crippen LogP contribution >= 0.6 is 23.1 Å². The van der Waals surface area contributed by atoms with Crippen LogP contribution in [-0.2, 0) is 17.6 Å². The second-order valence-corrected chi connectivity index (χ2v) is 10.8. The predicted molar refractivity (Wildman–Crippen MR) is 132 cm³/mol. The topological polar surface area (TPSA) is 88.4 Å². The van der Waals surface area contributed by atoms with E-state index in [0.717, 1.165) is 38.8 Å². The highest BCUT2D eigenvalue weighted by atomic mass is 32.2. The number of benzene rings is 2. The van der Waals surface area contributed by atoms with Gasteiger partial charge in [0.1, 0.15) is 43.1 Å². The number of hydrogen-bond donors (Lipinski definition) is 3. The van der Waals surface area contributed by atoms with Crippen LogP contribution < -0.4 is 9.47 Å². The van der Waals surface area contributed by atoms with E-state index in [9.17, 15) is 15.3 Å². The van der Waals surface area contributed by atoms with Crippen molar-refractivity contribution < 1.29 is 29.5 Å². The Balaban J connectivity index is 1.41. The van der Waals surface area contributed by atoms with E-state index in [0.29, 0.717) is 19.6 Å². The summed E-state index contributed by atoms with van der Waals surface area (Å²) < 4.78 is 18.5. The molecule has 1 unspecified atom stereocenters. The number of ether oxygens (including phenoxy) is 3. The normalized spacial score (nSPS) is 26.4. The van der Waals surface area contributed by atoms with E-state index in [1.165, 1.54) is 17.3 Å². The molecule has 2 aliphatic heterocycles. The minimum absolute atomic E-state index is 0.544. The first kappa shape index (κ1) is 23.7. The van der Waals surface area contributed by atoms with Crippen LogP contribution in [0.4, 0.5) is 0 Å². The van der Waals surface area contributed by atoms with Crippen molar-refractivity contribution in [1.29, 1.82) is 0 Å². The van der Waals surface area contributed by atoms with Gasteiger partial charge in [0.2, 0.25) is 0 Å². The van der Waals surface area contributed by atoms with Gasteiger partial charge >= 0.3 is 0 Å². The van der Waals surface area contributed by atoms with Crippen molar-refractivity contribution in [2.24, 2.45) is 0 Å². The highest BCUT2D eigenvalue weighted by molar-refractivity contribution is 8.01. The number of aliphatic hydroxyl groups excluding tert-OH is 3. The second-order valence-electron chi connectivity index (χ2n) is 8.48. The molecule has 5 rings (SSSR count). The molecule has 180 valence electrons. The Hall–Kier alpha value is -2.07. The van der Waals surface area contributed by atoms with Crippen LogP contribution in [0.5, 0.6) is 11.5 Å². The first-order chi connectivity index (χ1) is 16.5. The molecule has 8 heteroatoms. The third-order valence-corrected chi connectivity index (χ3v) is 8.47. The van der Waals surface area contributed by atoms with E-state index in [1.807, 2.05) is 47.8 Å². The van der Waals surface area contributed by atoms with Gasteiger partial charge in [-0.3, -0.25) is 0 Å². The maximum Gasteiger partial charge on any atom is 0.161 e. The molecule has 1 fully saturated rings. The number of hydrogen-bond acceptors (Lipinski definition) is 8. The molecule has 6 nitrogen and oxygen atoms in total. The first-order valence-corrected chi connectivity index (χ1v) is 13.2. The molecule has 0 spiro atoms. The summed E-state index contributed by atoms with van der Waals surface area (Å²) in [7, 11) is 0. The molecule has 0 saturated carbocycles. The average Bonchev–Trinajstić information content (AvgIpc) is 3.37. The van der Waals surface area contributed by atoms with Gasteiger partial charge in [-0.2, -0.15) is 0 Å². The van der Waals surface area contributed by atoms with Gasteiger partial charge in [-0.05, 0) is 58.7 Å². The van der Waals surface area contributed by atoms with Crippen molar-refractivity contribution in [3.8, 4) is 11.5 Å². The lowest BCUT2D eigenvalue weighted by molar-refractivity contribution is -0.200. The quantitative estimate of drug-likeness (QED) is 0.472. The number of aliphatic hydroxyl groups is 3. The molecule has 1 saturated heterocycles. The molecule has 0 amide bonds. The Morgan fingerprint density at radius 1 is 0.912 bits per heavy atom.